The molecule has 0 aromatic heterocycles. The van der Waals surface area contributed by atoms with Crippen LogP contribution in [0.15, 0.2) is 48.3 Å². The molecule has 62 valence electrons. The van der Waals surface area contributed by atoms with Crippen molar-refractivity contribution in [3.05, 3.63) is 48.3 Å². The lowest BCUT2D eigenvalue weighted by Gasteiger charge is -2.20. The lowest BCUT2D eigenvalue weighted by atomic mass is 9.91. The highest BCUT2D eigenvalue weighted by atomic mass is 16.5. The molecule has 0 aliphatic heterocycles. The molecule has 3 rings (SSSR count). The number of methoxy groups -OCH3 is 1. The zero-order chi connectivity index (χ0) is 8.39. The largest absolute Gasteiger partial charge is 0.500 e. The predicted octanol–water partition coefficient (Wildman–Crippen LogP) is 2.44. The molecule has 0 aromatic carbocycles. The van der Waals surface area contributed by atoms with Crippen LogP contribution in [0.1, 0.15) is 0 Å². The first-order valence-corrected chi connectivity index (χ1v) is 4.19. The average Bonchev–Trinajstić information content (AvgIpc) is 2.05. The van der Waals surface area contributed by atoms with Crippen LogP contribution in [0.3, 0.4) is 0 Å². The van der Waals surface area contributed by atoms with Gasteiger partial charge in [-0.3, -0.25) is 0 Å². The topological polar surface area (TPSA) is 9.23 Å². The molecule has 0 saturated heterocycles. The third kappa shape index (κ3) is 1.22. The molecule has 2 bridgehead atoms. The third-order valence-corrected chi connectivity index (χ3v) is 2.22. The Morgan fingerprint density at radius 2 is 1.92 bits per heavy atom. The van der Waals surface area contributed by atoms with Gasteiger partial charge in [0.05, 0.1) is 13.0 Å². The van der Waals surface area contributed by atoms with E-state index in [4.69, 9.17) is 4.74 Å². The first-order valence-electron chi connectivity index (χ1n) is 4.19. The van der Waals surface area contributed by atoms with Crippen molar-refractivity contribution in [2.75, 3.05) is 7.11 Å². The number of hydrogen-bond acceptors (Lipinski definition) is 1. The average molecular weight is 160 g/mol. The minimum atomic E-state index is 0.344. The Hall–Kier alpha value is -1.24. The smallest absolute Gasteiger partial charge is 0.103 e. The van der Waals surface area contributed by atoms with Crippen LogP contribution in [0.2, 0.25) is 0 Å². The Bertz CT molecular complexity index is 281. The van der Waals surface area contributed by atoms with E-state index in [1.807, 2.05) is 0 Å². The summed E-state index contributed by atoms with van der Waals surface area (Å²) in [5.41, 5.74) is 0. The third-order valence-electron chi connectivity index (χ3n) is 2.22. The van der Waals surface area contributed by atoms with Crippen LogP contribution >= 0.6 is 0 Å². The highest BCUT2D eigenvalue weighted by Gasteiger charge is 2.15. The summed E-state index contributed by atoms with van der Waals surface area (Å²) in [4.78, 5) is 0. The van der Waals surface area contributed by atoms with Gasteiger partial charge in [0.2, 0.25) is 0 Å². The molecule has 0 radical (unpaired) electrons. The Labute approximate surface area is 72.7 Å². The predicted molar refractivity (Wildman–Crippen MR) is 49.5 cm³/mol. The maximum atomic E-state index is 5.29. The molecule has 0 fully saturated rings. The minimum absolute atomic E-state index is 0.344. The molecule has 0 unspecified atom stereocenters. The summed E-state index contributed by atoms with van der Waals surface area (Å²) in [5.74, 6) is 1.82. The van der Waals surface area contributed by atoms with E-state index in [9.17, 15) is 0 Å². The Morgan fingerprint density at radius 3 is 2.75 bits per heavy atom. The second kappa shape index (κ2) is 3.02. The van der Waals surface area contributed by atoms with E-state index in [1.165, 1.54) is 0 Å². The van der Waals surface area contributed by atoms with Crippen LogP contribution in [0.5, 0.6) is 0 Å². The molecule has 0 aromatic rings. The first-order chi connectivity index (χ1) is 5.90. The number of ether oxygens (including phenoxy) is 1. The van der Waals surface area contributed by atoms with E-state index in [0.717, 1.165) is 5.76 Å². The molecule has 0 heterocycles. The van der Waals surface area contributed by atoms with Gasteiger partial charge >= 0.3 is 0 Å². The normalized spacial score (nSPS) is 31.2. The number of hydrogen-bond donors (Lipinski definition) is 0. The van der Waals surface area contributed by atoms with Gasteiger partial charge in [-0.25, -0.2) is 0 Å². The molecule has 3 aliphatic carbocycles. The number of allylic oxidation sites excluding steroid dienone is 6. The van der Waals surface area contributed by atoms with Gasteiger partial charge in [0.25, 0.3) is 0 Å². The zero-order valence-electron chi connectivity index (χ0n) is 7.10. The minimum Gasteiger partial charge on any atom is -0.500 e. The van der Waals surface area contributed by atoms with Gasteiger partial charge in [-0.2, -0.15) is 0 Å². The second-order valence-corrected chi connectivity index (χ2v) is 3.03. The number of fused-ring (bicyclic) bond motifs is 1. The van der Waals surface area contributed by atoms with Crippen molar-refractivity contribution in [2.45, 2.75) is 0 Å². The molecule has 0 amide bonds. The number of rotatable bonds is 1. The maximum absolute atomic E-state index is 5.29. The molecule has 0 spiro atoms. The van der Waals surface area contributed by atoms with E-state index in [1.54, 1.807) is 7.11 Å². The SMILES string of the molecule is COC1=C[C@H]2C=CC=C[C@@H]1C=C2. The van der Waals surface area contributed by atoms with E-state index in [-0.39, 0.29) is 0 Å². The van der Waals surface area contributed by atoms with Gasteiger partial charge in [-0.05, 0) is 6.08 Å². The van der Waals surface area contributed by atoms with E-state index < -0.39 is 0 Å². The van der Waals surface area contributed by atoms with Crippen molar-refractivity contribution >= 4 is 0 Å². The lowest BCUT2D eigenvalue weighted by Crippen LogP contribution is -2.08. The van der Waals surface area contributed by atoms with Crippen LogP contribution in [-0.4, -0.2) is 7.11 Å². The molecular formula is C11H12O. The zero-order valence-corrected chi connectivity index (χ0v) is 7.10. The summed E-state index contributed by atoms with van der Waals surface area (Å²) in [5, 5.41) is 0. The van der Waals surface area contributed by atoms with Crippen LogP contribution in [0, 0.1) is 11.8 Å². The lowest BCUT2D eigenvalue weighted by molar-refractivity contribution is 0.264. The van der Waals surface area contributed by atoms with Crippen molar-refractivity contribution in [1.29, 1.82) is 0 Å². The standard InChI is InChI=1S/C11H12O/c1-12-11-8-9-4-2-3-5-10(11)7-6-9/h2-10H,1H3/t9-,10+/m0/s1. The van der Waals surface area contributed by atoms with Gasteiger partial charge in [0, 0.05) is 5.92 Å². The van der Waals surface area contributed by atoms with Crippen molar-refractivity contribution in [3.8, 4) is 0 Å². The van der Waals surface area contributed by atoms with Crippen molar-refractivity contribution < 1.29 is 4.74 Å². The molecule has 1 nitrogen and oxygen atoms in total. The fourth-order valence-corrected chi connectivity index (χ4v) is 1.56. The highest BCUT2D eigenvalue weighted by Crippen LogP contribution is 2.26. The summed E-state index contributed by atoms with van der Waals surface area (Å²) in [6, 6.07) is 0. The molecule has 2 atom stereocenters. The van der Waals surface area contributed by atoms with Crippen LogP contribution in [0.25, 0.3) is 0 Å². The molecule has 0 saturated carbocycles. The van der Waals surface area contributed by atoms with E-state index in [0.29, 0.717) is 11.8 Å². The molecule has 12 heavy (non-hydrogen) atoms. The van der Waals surface area contributed by atoms with Gasteiger partial charge in [-0.15, -0.1) is 0 Å². The van der Waals surface area contributed by atoms with Crippen LogP contribution in [0.4, 0.5) is 0 Å². The Kier molecular flexibility index (Phi) is 1.86. The van der Waals surface area contributed by atoms with E-state index in [2.05, 4.69) is 42.5 Å². The molecular weight excluding hydrogens is 148 g/mol. The summed E-state index contributed by atoms with van der Waals surface area (Å²) >= 11 is 0. The van der Waals surface area contributed by atoms with Gasteiger partial charge in [0.15, 0.2) is 0 Å². The highest BCUT2D eigenvalue weighted by molar-refractivity contribution is 5.31. The fraction of sp³-hybridized carbons (Fsp3) is 0.273. The van der Waals surface area contributed by atoms with E-state index >= 15 is 0 Å². The first kappa shape index (κ1) is 7.41. The molecule has 0 N–H and O–H groups in total. The Balaban J connectivity index is 2.37. The van der Waals surface area contributed by atoms with Gasteiger partial charge in [-0.1, -0.05) is 36.5 Å². The quantitative estimate of drug-likeness (QED) is 0.535. The van der Waals surface area contributed by atoms with Gasteiger partial charge < -0.3 is 4.74 Å². The summed E-state index contributed by atoms with van der Waals surface area (Å²) in [6.07, 6.45) is 15.0. The summed E-state index contributed by atoms with van der Waals surface area (Å²) < 4.78 is 5.29. The summed E-state index contributed by atoms with van der Waals surface area (Å²) in [7, 11) is 1.73. The maximum Gasteiger partial charge on any atom is 0.103 e. The van der Waals surface area contributed by atoms with Crippen molar-refractivity contribution in [1.82, 2.24) is 0 Å². The fourth-order valence-electron chi connectivity index (χ4n) is 1.56. The van der Waals surface area contributed by atoms with Crippen LogP contribution in [-0.2, 0) is 4.74 Å². The monoisotopic (exact) mass is 160 g/mol. The van der Waals surface area contributed by atoms with Crippen molar-refractivity contribution in [2.24, 2.45) is 11.8 Å². The van der Waals surface area contributed by atoms with Crippen LogP contribution < -0.4 is 0 Å². The van der Waals surface area contributed by atoms with Gasteiger partial charge in [0.1, 0.15) is 5.76 Å². The Morgan fingerprint density at radius 1 is 1.08 bits per heavy atom. The molecule has 1 heteroatoms. The summed E-state index contributed by atoms with van der Waals surface area (Å²) in [6.45, 7) is 0. The second-order valence-electron chi connectivity index (χ2n) is 3.03. The van der Waals surface area contributed by atoms with Crippen molar-refractivity contribution in [3.63, 3.8) is 0 Å². The molecule has 3 aliphatic rings.